The van der Waals surface area contributed by atoms with Crippen molar-refractivity contribution in [3.05, 3.63) is 65.5 Å². The van der Waals surface area contributed by atoms with Gasteiger partial charge in [-0.25, -0.2) is 0 Å². The summed E-state index contributed by atoms with van der Waals surface area (Å²) in [5.41, 5.74) is 3.22. The number of halogens is 1. The number of aromatic nitrogens is 3. The summed E-state index contributed by atoms with van der Waals surface area (Å²) in [6, 6.07) is 12.7. The molecule has 1 saturated carbocycles. The summed E-state index contributed by atoms with van der Waals surface area (Å²) in [6.45, 7) is 3.68. The van der Waals surface area contributed by atoms with Gasteiger partial charge in [-0.3, -0.25) is 54.0 Å². The number of amidine groups is 1. The van der Waals surface area contributed by atoms with Crippen molar-refractivity contribution in [2.75, 3.05) is 47.5 Å². The van der Waals surface area contributed by atoms with Gasteiger partial charge in [-0.2, -0.15) is 0 Å². The molecule has 312 valence electrons. The van der Waals surface area contributed by atoms with Crippen LogP contribution in [0.5, 0.6) is 0 Å². The lowest BCUT2D eigenvalue weighted by molar-refractivity contribution is -0.496. The van der Waals surface area contributed by atoms with E-state index < -0.39 is 29.7 Å². The third kappa shape index (κ3) is 9.54. The first-order chi connectivity index (χ1) is 28.2. The Labute approximate surface area is 351 Å². The number of nitrogens with one attached hydrogen (secondary N) is 5. The Kier molecular flexibility index (Phi) is 13.1. The predicted molar refractivity (Wildman–Crippen MR) is 216 cm³/mol. The van der Waals surface area contributed by atoms with E-state index >= 15 is 0 Å². The molecule has 5 N–H and O–H groups in total. The summed E-state index contributed by atoms with van der Waals surface area (Å²) in [6.07, 6.45) is 8.56. The van der Waals surface area contributed by atoms with E-state index in [4.69, 9.17) is 0 Å². The number of aryl methyl sites for hydroxylation is 1. The summed E-state index contributed by atoms with van der Waals surface area (Å²) in [5.74, 6) is -1.70. The average Bonchev–Trinajstić information content (AvgIpc) is 3.94. The molecule has 4 aliphatic heterocycles. The number of imide groups is 2. The highest BCUT2D eigenvalue weighted by molar-refractivity contribution is 8.14. The number of piperazine rings is 1. The molecule has 19 heteroatoms. The minimum absolute atomic E-state index is 0. The van der Waals surface area contributed by atoms with Crippen molar-refractivity contribution in [1.29, 1.82) is 0 Å². The van der Waals surface area contributed by atoms with E-state index in [1.807, 2.05) is 29.2 Å². The van der Waals surface area contributed by atoms with Gasteiger partial charge in [-0.05, 0) is 93.1 Å². The summed E-state index contributed by atoms with van der Waals surface area (Å²) in [7, 11) is 0. The highest BCUT2D eigenvalue weighted by Gasteiger charge is 2.45. The Morgan fingerprint density at radius 3 is 2.51 bits per heavy atom. The van der Waals surface area contributed by atoms with Crippen LogP contribution >= 0.6 is 11.8 Å². The van der Waals surface area contributed by atoms with Crippen LogP contribution in [0, 0.1) is 0 Å². The minimum Gasteiger partial charge on any atom is -1.00 e. The van der Waals surface area contributed by atoms with Gasteiger partial charge in [-0.15, -0.1) is 5.10 Å². The number of fused-ring (bicyclic) bond motifs is 2. The molecule has 8 rings (SSSR count). The van der Waals surface area contributed by atoms with Gasteiger partial charge < -0.3 is 32.8 Å². The molecule has 3 atom stereocenters. The molecule has 1 aliphatic carbocycles. The summed E-state index contributed by atoms with van der Waals surface area (Å²) >= 11 is 1.58. The van der Waals surface area contributed by atoms with Crippen molar-refractivity contribution in [3.63, 3.8) is 0 Å². The topological polar surface area (TPSA) is 205 Å². The fourth-order valence-electron chi connectivity index (χ4n) is 8.29. The Morgan fingerprint density at radius 1 is 0.932 bits per heavy atom. The second-order valence-electron chi connectivity index (χ2n) is 15.3. The van der Waals surface area contributed by atoms with Gasteiger partial charge in [0, 0.05) is 62.6 Å². The van der Waals surface area contributed by atoms with Gasteiger partial charge in [-0.1, -0.05) is 11.3 Å². The maximum atomic E-state index is 13.4. The maximum absolute atomic E-state index is 13.4. The molecule has 2 aromatic carbocycles. The molecule has 0 radical (unpaired) electrons. The molecule has 5 heterocycles. The lowest BCUT2D eigenvalue weighted by atomic mass is 9.92. The molecule has 0 spiro atoms. The molecule has 59 heavy (non-hydrogen) atoms. The first kappa shape index (κ1) is 41.7. The van der Waals surface area contributed by atoms with Crippen molar-refractivity contribution >= 4 is 69.4 Å². The van der Waals surface area contributed by atoms with E-state index in [9.17, 15) is 28.8 Å². The third-order valence-corrected chi connectivity index (χ3v) is 12.4. The Bertz CT molecular complexity index is 2120. The zero-order valence-electron chi connectivity index (χ0n) is 32.6. The van der Waals surface area contributed by atoms with Gasteiger partial charge in [0.2, 0.25) is 23.6 Å². The molecule has 3 fully saturated rings. The quantitative estimate of drug-likeness (QED) is 0.0923. The average molecular weight is 846 g/mol. The van der Waals surface area contributed by atoms with Crippen molar-refractivity contribution in [2.45, 2.75) is 89.0 Å². The highest BCUT2D eigenvalue weighted by atomic mass is 35.5. The van der Waals surface area contributed by atoms with Gasteiger partial charge in [0.25, 0.3) is 11.8 Å². The van der Waals surface area contributed by atoms with E-state index in [1.165, 1.54) is 25.7 Å². The molecule has 1 unspecified atom stereocenters. The first-order valence-corrected chi connectivity index (χ1v) is 21.1. The lowest BCUT2D eigenvalue weighted by Crippen LogP contribution is -3.00. The van der Waals surface area contributed by atoms with Crippen LogP contribution in [-0.4, -0.2) is 115 Å². The number of thioether (sulfide) groups is 1. The Balaban J connectivity index is 0.00000528. The smallest absolute Gasteiger partial charge is 0.305 e. The number of carbonyl (C=O) groups is 6. The molecule has 6 amide bonds. The van der Waals surface area contributed by atoms with Crippen molar-refractivity contribution in [2.24, 2.45) is 0 Å². The van der Waals surface area contributed by atoms with Crippen LogP contribution in [-0.2, 0) is 32.3 Å². The molecule has 2 saturated heterocycles. The molecule has 1 aromatic heterocycles. The Morgan fingerprint density at radius 2 is 1.73 bits per heavy atom. The third-order valence-electron chi connectivity index (χ3n) is 11.4. The van der Waals surface area contributed by atoms with E-state index in [0.29, 0.717) is 68.1 Å². The van der Waals surface area contributed by atoms with Crippen LogP contribution in [0.3, 0.4) is 0 Å². The van der Waals surface area contributed by atoms with Gasteiger partial charge in [0.05, 0.1) is 29.6 Å². The number of carbonyl (C=O) groups excluding carboxylic acids is 6. The van der Waals surface area contributed by atoms with Crippen molar-refractivity contribution in [1.82, 2.24) is 35.4 Å². The van der Waals surface area contributed by atoms with Crippen LogP contribution in [0.2, 0.25) is 0 Å². The van der Waals surface area contributed by atoms with Crippen LogP contribution < -0.4 is 43.6 Å². The van der Waals surface area contributed by atoms with E-state index in [0.717, 1.165) is 34.5 Å². The fraction of sp³-hybridized carbons (Fsp3) is 0.475. The number of unbranched alkanes of at least 4 members (excludes halogenated alkanes) is 1. The standard InChI is InChI=1S/C40H47N11O6S.ClH/c52-33(42-25-11-13-27(14-12-25)48-18-20-49(21-19-48)35(54)24-58-40-43-29-7-1-2-8-30(29)44-40)10-3-4-17-50-23-26(46-47-50)22-41-31-9-5-6-28-36(31)39(57)51(38(28)56)32-15-16-34(53)45-37(32)55;/h5-6,9,11-14,23,29-30,32,41H,1-4,7-8,10,15-22,24H2,(H,42,52)(H,43,44)(H,45,53,55);1H/t29-,30-,32?;/m1./s1. The molecular weight excluding hydrogens is 798 g/mol. The Hall–Kier alpha value is -5.49. The van der Waals surface area contributed by atoms with Gasteiger partial charge in [0.15, 0.2) is 0 Å². The predicted octanol–water partition coefficient (Wildman–Crippen LogP) is -2.16. The molecule has 5 aliphatic rings. The van der Waals surface area contributed by atoms with Crippen LogP contribution in [0.4, 0.5) is 17.1 Å². The first-order valence-electron chi connectivity index (χ1n) is 20.1. The number of amides is 6. The molecule has 17 nitrogen and oxygen atoms in total. The SMILES string of the molecule is O=C1CCC(N2C(=O)c3cccc(NCc4cn(CCCCC(=O)Nc5ccc(N6CCN(C(=O)CSC7=[NH+][C@@H]8CCCC[C@H]8N7)CC6)cc5)nn4)c3C2=O)C(=O)N1.[Cl-]. The van der Waals surface area contributed by atoms with E-state index in [-0.39, 0.29) is 54.7 Å². The summed E-state index contributed by atoms with van der Waals surface area (Å²) < 4.78 is 1.70. The number of benzene rings is 2. The zero-order chi connectivity index (χ0) is 40.2. The number of rotatable bonds is 13. The molecule has 3 aromatic rings. The number of hydrogen-bond donors (Lipinski definition) is 5. The van der Waals surface area contributed by atoms with Crippen molar-refractivity contribution < 1.29 is 46.2 Å². The zero-order valence-corrected chi connectivity index (χ0v) is 34.2. The second kappa shape index (κ2) is 18.6. The summed E-state index contributed by atoms with van der Waals surface area (Å²) in [4.78, 5) is 84.9. The highest BCUT2D eigenvalue weighted by Crippen LogP contribution is 2.32. The lowest BCUT2D eigenvalue weighted by Gasteiger charge is -2.36. The van der Waals surface area contributed by atoms with E-state index in [2.05, 4.69) is 41.5 Å². The fourth-order valence-corrected chi connectivity index (χ4v) is 9.21. The number of piperidine rings is 1. The largest absolute Gasteiger partial charge is 1.00 e. The van der Waals surface area contributed by atoms with Crippen LogP contribution in [0.25, 0.3) is 0 Å². The number of hydrogen-bond acceptors (Lipinski definition) is 12. The van der Waals surface area contributed by atoms with Crippen molar-refractivity contribution in [3.8, 4) is 0 Å². The number of nitrogens with zero attached hydrogens (tertiary/aromatic N) is 6. The van der Waals surface area contributed by atoms with Crippen LogP contribution in [0.1, 0.15) is 84.2 Å². The minimum atomic E-state index is -1.04. The monoisotopic (exact) mass is 845 g/mol. The maximum Gasteiger partial charge on any atom is 0.305 e. The van der Waals surface area contributed by atoms with E-state index in [1.54, 1.807) is 40.8 Å². The second-order valence-corrected chi connectivity index (χ2v) is 16.3. The van der Waals surface area contributed by atoms with Crippen LogP contribution in [0.15, 0.2) is 48.7 Å². The summed E-state index contributed by atoms with van der Waals surface area (Å²) in [5, 5.41) is 21.4. The van der Waals surface area contributed by atoms with Gasteiger partial charge in [0.1, 0.15) is 23.8 Å². The number of anilines is 3. The molecular formula is C40H48ClN11O6S. The molecule has 0 bridgehead atoms. The normalized spacial score (nSPS) is 21.3. The van der Waals surface area contributed by atoms with Gasteiger partial charge >= 0.3 is 5.17 Å².